The number of allylic oxidation sites excluding steroid dienone is 9. The molecule has 0 bridgehead atoms. The molecule has 0 radical (unpaired) electrons. The van der Waals surface area contributed by atoms with Gasteiger partial charge in [0.2, 0.25) is 0 Å². The van der Waals surface area contributed by atoms with Crippen molar-refractivity contribution in [2.24, 2.45) is 29.6 Å². The number of fused-ring (bicyclic) bond motifs is 6. The molecule has 4 unspecified atom stereocenters. The zero-order valence-electron chi connectivity index (χ0n) is 18.2. The van der Waals surface area contributed by atoms with E-state index in [0.717, 1.165) is 0 Å². The average Bonchev–Trinajstić information content (AvgIpc) is 3.32. The van der Waals surface area contributed by atoms with Crippen molar-refractivity contribution >= 4 is 5.57 Å². The lowest BCUT2D eigenvalue weighted by Crippen LogP contribution is -2.17. The summed E-state index contributed by atoms with van der Waals surface area (Å²) in [6.07, 6.45) is 22.6. The van der Waals surface area contributed by atoms with Crippen LogP contribution in [0.3, 0.4) is 0 Å². The minimum absolute atomic E-state index is 0.645. The van der Waals surface area contributed by atoms with Gasteiger partial charge in [0.15, 0.2) is 0 Å². The van der Waals surface area contributed by atoms with Crippen LogP contribution in [-0.4, -0.2) is 0 Å². The van der Waals surface area contributed by atoms with E-state index in [0.29, 0.717) is 29.6 Å². The molecule has 0 heteroatoms. The third kappa shape index (κ3) is 2.96. The number of hydrogen-bond donors (Lipinski definition) is 0. The Morgan fingerprint density at radius 1 is 0.613 bits per heavy atom. The van der Waals surface area contributed by atoms with Crippen LogP contribution in [0.5, 0.6) is 0 Å². The van der Waals surface area contributed by atoms with Crippen LogP contribution in [0, 0.1) is 29.6 Å². The Labute approximate surface area is 186 Å². The van der Waals surface area contributed by atoms with Gasteiger partial charge in [0.25, 0.3) is 0 Å². The molecule has 154 valence electrons. The summed E-state index contributed by atoms with van der Waals surface area (Å²) in [4.78, 5) is 0. The average molecular weight is 403 g/mol. The van der Waals surface area contributed by atoms with Crippen LogP contribution in [0.25, 0.3) is 16.7 Å². The zero-order chi connectivity index (χ0) is 20.8. The molecule has 0 saturated heterocycles. The van der Waals surface area contributed by atoms with Gasteiger partial charge in [0, 0.05) is 0 Å². The Morgan fingerprint density at radius 2 is 1.06 bits per heavy atom. The minimum Gasteiger partial charge on any atom is -0.0805 e. The van der Waals surface area contributed by atoms with Crippen molar-refractivity contribution < 1.29 is 0 Å². The summed E-state index contributed by atoms with van der Waals surface area (Å²) in [6, 6.07) is 18.1. The maximum absolute atomic E-state index is 2.50. The Balaban J connectivity index is 1.47. The van der Waals surface area contributed by atoms with E-state index in [-0.39, 0.29) is 0 Å². The zero-order valence-corrected chi connectivity index (χ0v) is 18.2. The molecule has 0 aromatic heterocycles. The maximum atomic E-state index is 2.50. The highest BCUT2D eigenvalue weighted by atomic mass is 14.5. The molecule has 4 aliphatic rings. The molecule has 31 heavy (non-hydrogen) atoms. The highest BCUT2D eigenvalue weighted by molar-refractivity contribution is 6.02. The summed E-state index contributed by atoms with van der Waals surface area (Å²) in [5.74, 6) is 3.26. The SMILES string of the molecule is CCCC(CC1C2C=CC=CC2C2C=CC=CC21)=C1c2ccccc2-c2ccccc21. The number of hydrogen-bond acceptors (Lipinski definition) is 0. The largest absolute Gasteiger partial charge is 0.0805 e. The van der Waals surface area contributed by atoms with E-state index in [2.05, 4.69) is 104 Å². The van der Waals surface area contributed by atoms with E-state index in [1.54, 1.807) is 5.57 Å². The number of benzene rings is 2. The van der Waals surface area contributed by atoms with Crippen LogP contribution in [0.2, 0.25) is 0 Å². The second-order valence-electron chi connectivity index (χ2n) is 9.54. The smallest absolute Gasteiger partial charge is 0.00955 e. The molecule has 0 heterocycles. The second-order valence-corrected chi connectivity index (χ2v) is 9.54. The highest BCUT2D eigenvalue weighted by Gasteiger charge is 2.47. The first-order valence-electron chi connectivity index (χ1n) is 12.0. The third-order valence-corrected chi connectivity index (χ3v) is 7.95. The molecule has 0 aliphatic heterocycles. The molecule has 6 rings (SSSR count). The van der Waals surface area contributed by atoms with Crippen molar-refractivity contribution in [2.75, 3.05) is 0 Å². The fourth-order valence-electron chi connectivity index (χ4n) is 6.75. The fourth-order valence-corrected chi connectivity index (χ4v) is 6.75. The standard InChI is InChI=1S/C31H30/c1-2-11-21(31-28-18-9-7-14-24(28)25-15-8-10-19-29(25)31)20-30-26-16-5-3-12-22(26)23-13-4-6-17-27(23)30/h3-10,12-19,22-23,26-27,30H,2,11,20H2,1H3. The van der Waals surface area contributed by atoms with Gasteiger partial charge in [-0.2, -0.15) is 0 Å². The van der Waals surface area contributed by atoms with E-state index in [1.165, 1.54) is 47.1 Å². The monoisotopic (exact) mass is 402 g/mol. The summed E-state index contributed by atoms with van der Waals surface area (Å²) in [6.45, 7) is 2.33. The third-order valence-electron chi connectivity index (χ3n) is 7.95. The van der Waals surface area contributed by atoms with Gasteiger partial charge in [-0.1, -0.05) is 116 Å². The predicted octanol–water partition coefficient (Wildman–Crippen LogP) is 8.01. The normalized spacial score (nSPS) is 28.9. The van der Waals surface area contributed by atoms with Crippen LogP contribution in [0.4, 0.5) is 0 Å². The molecular formula is C31H30. The van der Waals surface area contributed by atoms with Crippen molar-refractivity contribution in [1.29, 1.82) is 0 Å². The molecule has 0 N–H and O–H groups in total. The Kier molecular flexibility index (Phi) is 4.68. The lowest BCUT2D eigenvalue weighted by atomic mass is 9.78. The van der Waals surface area contributed by atoms with E-state index < -0.39 is 0 Å². The molecule has 0 nitrogen and oxygen atoms in total. The molecule has 4 aliphatic carbocycles. The van der Waals surface area contributed by atoms with Crippen LogP contribution in [0.1, 0.15) is 37.3 Å². The van der Waals surface area contributed by atoms with E-state index in [9.17, 15) is 0 Å². The Morgan fingerprint density at radius 3 is 1.55 bits per heavy atom. The fraction of sp³-hybridized carbons (Fsp3) is 0.290. The first-order chi connectivity index (χ1) is 15.4. The molecule has 2 aromatic carbocycles. The summed E-state index contributed by atoms with van der Waals surface area (Å²) >= 11 is 0. The van der Waals surface area contributed by atoms with Gasteiger partial charge in [-0.3, -0.25) is 0 Å². The topological polar surface area (TPSA) is 0 Å². The van der Waals surface area contributed by atoms with Gasteiger partial charge >= 0.3 is 0 Å². The van der Waals surface area contributed by atoms with Crippen LogP contribution < -0.4 is 0 Å². The quantitative estimate of drug-likeness (QED) is 0.414. The van der Waals surface area contributed by atoms with Crippen LogP contribution in [0.15, 0.2) is 103 Å². The second kappa shape index (κ2) is 7.68. The maximum Gasteiger partial charge on any atom is -0.00955 e. The number of rotatable bonds is 4. The van der Waals surface area contributed by atoms with Crippen molar-refractivity contribution in [3.8, 4) is 11.1 Å². The lowest BCUT2D eigenvalue weighted by molar-refractivity contribution is 0.371. The molecular weight excluding hydrogens is 372 g/mol. The lowest BCUT2D eigenvalue weighted by Gasteiger charge is -2.26. The molecule has 2 aromatic rings. The van der Waals surface area contributed by atoms with Crippen LogP contribution in [-0.2, 0) is 0 Å². The van der Waals surface area contributed by atoms with Gasteiger partial charge in [0.05, 0.1) is 0 Å². The Hall–Kier alpha value is -2.86. The predicted molar refractivity (Wildman–Crippen MR) is 131 cm³/mol. The van der Waals surface area contributed by atoms with E-state index in [4.69, 9.17) is 0 Å². The Bertz CT molecular complexity index is 1070. The molecule has 1 saturated carbocycles. The molecule has 1 fully saturated rings. The van der Waals surface area contributed by atoms with Crippen molar-refractivity contribution in [2.45, 2.75) is 26.2 Å². The summed E-state index contributed by atoms with van der Waals surface area (Å²) < 4.78 is 0. The summed E-state index contributed by atoms with van der Waals surface area (Å²) in [7, 11) is 0. The van der Waals surface area contributed by atoms with Crippen molar-refractivity contribution in [3.05, 3.63) is 114 Å². The van der Waals surface area contributed by atoms with Gasteiger partial charge in [-0.25, -0.2) is 0 Å². The summed E-state index contributed by atoms with van der Waals surface area (Å²) in [5, 5.41) is 0. The van der Waals surface area contributed by atoms with E-state index in [1.807, 2.05) is 0 Å². The van der Waals surface area contributed by atoms with Crippen molar-refractivity contribution in [3.63, 3.8) is 0 Å². The highest BCUT2D eigenvalue weighted by Crippen LogP contribution is 2.55. The molecule has 0 spiro atoms. The first-order valence-corrected chi connectivity index (χ1v) is 12.0. The van der Waals surface area contributed by atoms with Gasteiger partial charge < -0.3 is 0 Å². The first kappa shape index (κ1) is 18.9. The van der Waals surface area contributed by atoms with Crippen molar-refractivity contribution in [1.82, 2.24) is 0 Å². The minimum atomic E-state index is 0.645. The summed E-state index contributed by atoms with van der Waals surface area (Å²) in [5.41, 5.74) is 8.89. The van der Waals surface area contributed by atoms with Gasteiger partial charge in [0.1, 0.15) is 0 Å². The van der Waals surface area contributed by atoms with E-state index >= 15 is 0 Å². The van der Waals surface area contributed by atoms with Crippen LogP contribution >= 0.6 is 0 Å². The van der Waals surface area contributed by atoms with Gasteiger partial charge in [-0.05, 0) is 70.3 Å². The van der Waals surface area contributed by atoms with Gasteiger partial charge in [-0.15, -0.1) is 0 Å². The molecule has 4 atom stereocenters. The molecule has 0 amide bonds.